The van der Waals surface area contributed by atoms with Crippen molar-refractivity contribution in [3.8, 4) is 11.3 Å². The Balaban J connectivity index is 1.29. The smallest absolute Gasteiger partial charge is 0.388 e. The van der Waals surface area contributed by atoms with Gasteiger partial charge in [-0.25, -0.2) is 22.7 Å². The number of hydrogen-bond donors (Lipinski definition) is 2. The number of aromatic nitrogens is 4. The van der Waals surface area contributed by atoms with Crippen LogP contribution in [0.5, 0.6) is 0 Å². The molecule has 0 saturated carbocycles. The van der Waals surface area contributed by atoms with Crippen LogP contribution in [-0.4, -0.2) is 75.5 Å². The fraction of sp³-hybridized carbons (Fsp3) is 0.471. The average Bonchev–Trinajstić information content (AvgIpc) is 3.39. The normalized spacial score (nSPS) is 17.2. The fourth-order valence-corrected chi connectivity index (χ4v) is 6.82. The maximum atomic E-state index is 13.9. The molecule has 1 amide bonds. The average molecular weight is 723 g/mol. The van der Waals surface area contributed by atoms with E-state index in [1.807, 2.05) is 0 Å². The highest BCUT2D eigenvalue weighted by Gasteiger charge is 2.43. The lowest BCUT2D eigenvalue weighted by Gasteiger charge is -2.39. The zero-order chi connectivity index (χ0) is 36.6. The van der Waals surface area contributed by atoms with Crippen LogP contribution in [0.4, 0.5) is 22.0 Å². The predicted octanol–water partition coefficient (Wildman–Crippen LogP) is 5.24. The van der Waals surface area contributed by atoms with Gasteiger partial charge in [0.2, 0.25) is 5.91 Å². The minimum absolute atomic E-state index is 0.00175. The molecule has 2 N–H and O–H groups in total. The van der Waals surface area contributed by atoms with Crippen LogP contribution in [-0.2, 0) is 29.4 Å². The minimum atomic E-state index is -4.61. The van der Waals surface area contributed by atoms with E-state index in [0.717, 1.165) is 0 Å². The van der Waals surface area contributed by atoms with Crippen molar-refractivity contribution in [2.24, 2.45) is 7.05 Å². The number of alkyl halides is 5. The highest BCUT2D eigenvalue weighted by molar-refractivity contribution is 7.84. The number of nitrogens with zero attached hydrogens (tertiary/aromatic N) is 5. The number of halogens is 5. The van der Waals surface area contributed by atoms with Gasteiger partial charge >= 0.3 is 6.18 Å². The molecule has 10 nitrogen and oxygen atoms in total. The van der Waals surface area contributed by atoms with E-state index in [1.165, 1.54) is 56.9 Å². The van der Waals surface area contributed by atoms with Crippen LogP contribution in [0.3, 0.4) is 0 Å². The topological polar surface area (TPSA) is 122 Å². The van der Waals surface area contributed by atoms with Crippen LogP contribution in [0, 0.1) is 0 Å². The second-order valence-electron chi connectivity index (χ2n) is 13.6. The summed E-state index contributed by atoms with van der Waals surface area (Å²) in [6.45, 7) is 4.87. The number of aryl methyl sites for hydroxylation is 1. The number of hydrogen-bond acceptors (Lipinski definition) is 6. The van der Waals surface area contributed by atoms with E-state index in [1.54, 1.807) is 46.0 Å². The third-order valence-electron chi connectivity index (χ3n) is 8.88. The van der Waals surface area contributed by atoms with E-state index < -0.39 is 63.8 Å². The van der Waals surface area contributed by atoms with Gasteiger partial charge in [-0.1, -0.05) is 54.6 Å². The Labute approximate surface area is 287 Å². The van der Waals surface area contributed by atoms with Crippen LogP contribution in [0.2, 0.25) is 0 Å². The van der Waals surface area contributed by atoms with E-state index in [4.69, 9.17) is 0 Å². The molecule has 1 aliphatic rings. The van der Waals surface area contributed by atoms with Gasteiger partial charge in [0.25, 0.3) is 12.0 Å². The van der Waals surface area contributed by atoms with E-state index in [9.17, 15) is 40.9 Å². The monoisotopic (exact) mass is 722 g/mol. The van der Waals surface area contributed by atoms with Crippen molar-refractivity contribution in [3.05, 3.63) is 82.4 Å². The Bertz CT molecular complexity index is 1900. The molecule has 0 radical (unpaired) electrons. The van der Waals surface area contributed by atoms with Crippen LogP contribution < -0.4 is 10.3 Å². The predicted molar refractivity (Wildman–Crippen MR) is 179 cm³/mol. The summed E-state index contributed by atoms with van der Waals surface area (Å²) in [4.78, 5) is 32.2. The fourth-order valence-electron chi connectivity index (χ4n) is 6.00. The quantitative estimate of drug-likeness (QED) is 0.216. The summed E-state index contributed by atoms with van der Waals surface area (Å²) >= 11 is 0. The van der Waals surface area contributed by atoms with Crippen molar-refractivity contribution >= 4 is 27.9 Å². The standard InChI is InChI=1S/C34H39F5N6O4S/c1-32(2,3)50(49)42-26(30(35)36)22-10-12-23(13-11-22)29-27-28(41-43(29)4)31(47)45(20-40-27)19-33(48)14-16-44(17-15-33)25(46)18-24(34(37,38)39)21-8-6-5-7-9-21/h5-13,20,24,26,30,42,48H,14-19H2,1-4H3/t24-,26+,50-/m1/s1. The molecule has 270 valence electrons. The largest absolute Gasteiger partial charge is 0.396 e. The van der Waals surface area contributed by atoms with Crippen molar-refractivity contribution in [2.45, 2.75) is 81.5 Å². The second-order valence-corrected chi connectivity index (χ2v) is 15.6. The Morgan fingerprint density at radius 3 is 2.18 bits per heavy atom. The number of likely N-dealkylation sites (tertiary alicyclic amines) is 1. The number of fused-ring (bicyclic) bond motifs is 1. The number of carbonyl (C=O) groups is 1. The highest BCUT2D eigenvalue weighted by Crippen LogP contribution is 2.38. The van der Waals surface area contributed by atoms with Crippen molar-refractivity contribution in [1.82, 2.24) is 29.0 Å². The van der Waals surface area contributed by atoms with Crippen molar-refractivity contribution in [1.29, 1.82) is 0 Å². The molecule has 16 heteroatoms. The van der Waals surface area contributed by atoms with Crippen molar-refractivity contribution in [2.75, 3.05) is 13.1 Å². The minimum Gasteiger partial charge on any atom is -0.388 e. The lowest BCUT2D eigenvalue weighted by Crippen LogP contribution is -2.50. The van der Waals surface area contributed by atoms with E-state index in [2.05, 4.69) is 14.8 Å². The molecule has 2 aromatic heterocycles. The van der Waals surface area contributed by atoms with E-state index >= 15 is 0 Å². The first-order valence-electron chi connectivity index (χ1n) is 16.0. The van der Waals surface area contributed by atoms with Crippen LogP contribution >= 0.6 is 0 Å². The van der Waals surface area contributed by atoms with Gasteiger partial charge < -0.3 is 10.0 Å². The second kappa shape index (κ2) is 14.3. The van der Waals surface area contributed by atoms with Gasteiger partial charge in [-0.15, -0.1) is 0 Å². The first-order valence-corrected chi connectivity index (χ1v) is 17.1. The van der Waals surface area contributed by atoms with Gasteiger partial charge in [-0.05, 0) is 44.7 Å². The maximum Gasteiger partial charge on any atom is 0.396 e. The van der Waals surface area contributed by atoms with Gasteiger partial charge in [-0.2, -0.15) is 18.3 Å². The third kappa shape index (κ3) is 8.13. The van der Waals surface area contributed by atoms with Crippen LogP contribution in [0.25, 0.3) is 22.3 Å². The summed E-state index contributed by atoms with van der Waals surface area (Å²) in [6, 6.07) is 11.9. The summed E-state index contributed by atoms with van der Waals surface area (Å²) < 4.78 is 86.2. The molecule has 3 atom stereocenters. The molecule has 4 aromatic rings. The molecule has 0 bridgehead atoms. The molecule has 1 saturated heterocycles. The van der Waals surface area contributed by atoms with Crippen molar-refractivity contribution < 1.29 is 36.1 Å². The number of aliphatic hydroxyl groups is 1. The molecular formula is C34H39F5N6O4S. The molecule has 1 aliphatic heterocycles. The van der Waals surface area contributed by atoms with Gasteiger partial charge in [0.1, 0.15) is 11.6 Å². The lowest BCUT2D eigenvalue weighted by molar-refractivity contribution is -0.162. The lowest BCUT2D eigenvalue weighted by atomic mass is 9.90. The SMILES string of the molecule is Cn1nc2c(=O)n(CC3(O)CCN(C(=O)C[C@H](c4ccccc4)C(F)(F)F)CC3)cnc2c1-c1ccc([C@H](N[S@](=O)C(C)(C)C)C(F)F)cc1. The zero-order valence-corrected chi connectivity index (χ0v) is 28.8. The Morgan fingerprint density at radius 2 is 1.62 bits per heavy atom. The molecule has 1 fully saturated rings. The summed E-state index contributed by atoms with van der Waals surface area (Å²) in [7, 11) is -0.133. The number of rotatable bonds is 10. The molecule has 3 heterocycles. The molecule has 2 aromatic carbocycles. The molecule has 0 aliphatic carbocycles. The molecule has 0 spiro atoms. The first kappa shape index (κ1) is 37.2. The molecule has 0 unspecified atom stereocenters. The van der Waals surface area contributed by atoms with Gasteiger partial charge in [0, 0.05) is 32.1 Å². The molecule has 50 heavy (non-hydrogen) atoms. The first-order chi connectivity index (χ1) is 23.4. The third-order valence-corrected chi connectivity index (χ3v) is 10.5. The van der Waals surface area contributed by atoms with E-state index in [0.29, 0.717) is 11.3 Å². The summed E-state index contributed by atoms with van der Waals surface area (Å²) in [5, 5.41) is 15.7. The summed E-state index contributed by atoms with van der Waals surface area (Å²) in [5.74, 6) is -2.63. The Kier molecular flexibility index (Phi) is 10.7. The van der Waals surface area contributed by atoms with E-state index in [-0.39, 0.29) is 54.6 Å². The number of nitrogens with one attached hydrogen (secondary N) is 1. The maximum absolute atomic E-state index is 13.9. The van der Waals surface area contributed by atoms with Gasteiger partial charge in [0.05, 0.1) is 45.8 Å². The van der Waals surface area contributed by atoms with Crippen LogP contribution in [0.15, 0.2) is 65.7 Å². The Morgan fingerprint density at radius 1 is 1.00 bits per heavy atom. The van der Waals surface area contributed by atoms with Gasteiger partial charge in [0.15, 0.2) is 5.52 Å². The van der Waals surface area contributed by atoms with Crippen LogP contribution in [0.1, 0.15) is 63.1 Å². The summed E-state index contributed by atoms with van der Waals surface area (Å²) in [6.07, 6.45) is -6.86. The number of amides is 1. The number of carbonyl (C=O) groups excluding carboxylic acids is 1. The highest BCUT2D eigenvalue weighted by atomic mass is 32.2. The summed E-state index contributed by atoms with van der Waals surface area (Å²) in [5.41, 5.74) is -0.484. The molecular weight excluding hydrogens is 683 g/mol. The number of benzene rings is 2. The molecule has 5 rings (SSSR count). The van der Waals surface area contributed by atoms with Gasteiger partial charge in [-0.3, -0.25) is 18.8 Å². The van der Waals surface area contributed by atoms with Crippen molar-refractivity contribution in [3.63, 3.8) is 0 Å². The Hall–Kier alpha value is -4.02. The number of piperidine rings is 1. The zero-order valence-electron chi connectivity index (χ0n) is 28.0.